The largest absolute Gasteiger partial charge is 0.490 e. The van der Waals surface area contributed by atoms with Crippen LogP contribution in [-0.2, 0) is 13.2 Å². The fraction of sp³-hybridized carbons (Fsp3) is 0.300. The molecule has 0 atom stereocenters. The Hall–Kier alpha value is -2.03. The van der Waals surface area contributed by atoms with Crippen LogP contribution < -0.4 is 4.74 Å². The number of methoxy groups -OCH3 is 1. The number of halogens is 4. The van der Waals surface area contributed by atoms with Gasteiger partial charge >= 0.3 is 11.9 Å². The van der Waals surface area contributed by atoms with Crippen molar-refractivity contribution in [2.24, 2.45) is 7.05 Å². The maximum atomic E-state index is 12.9. The van der Waals surface area contributed by atoms with Gasteiger partial charge in [-0.3, -0.25) is 10.1 Å². The number of aryl methyl sites for hydroxylation is 1. The summed E-state index contributed by atoms with van der Waals surface area (Å²) in [5, 5.41) is 10.9. The molecule has 108 valence electrons. The van der Waals surface area contributed by atoms with Gasteiger partial charge < -0.3 is 9.30 Å². The summed E-state index contributed by atoms with van der Waals surface area (Å²) in [6.45, 7) is 0. The lowest BCUT2D eigenvalue weighted by atomic mass is 10.1. The molecule has 0 fully saturated rings. The molecule has 1 aromatic heterocycles. The molecular formula is C10H7ClF3N3O3. The van der Waals surface area contributed by atoms with Gasteiger partial charge in [0, 0.05) is 7.05 Å². The van der Waals surface area contributed by atoms with E-state index in [1.54, 1.807) is 0 Å². The minimum atomic E-state index is -4.81. The van der Waals surface area contributed by atoms with Crippen LogP contribution in [0, 0.1) is 10.1 Å². The van der Waals surface area contributed by atoms with E-state index >= 15 is 0 Å². The van der Waals surface area contributed by atoms with E-state index in [9.17, 15) is 23.3 Å². The van der Waals surface area contributed by atoms with Gasteiger partial charge in [-0.05, 0) is 17.7 Å². The predicted molar refractivity (Wildman–Crippen MR) is 63.9 cm³/mol. The molecule has 0 aliphatic rings. The maximum Gasteiger partial charge on any atom is 0.420 e. The van der Waals surface area contributed by atoms with Crippen LogP contribution in [0.1, 0.15) is 5.56 Å². The van der Waals surface area contributed by atoms with Crippen LogP contribution in [0.15, 0.2) is 6.07 Å². The molecule has 0 spiro atoms. The highest BCUT2D eigenvalue weighted by Gasteiger charge is 2.40. The first-order chi connectivity index (χ1) is 9.18. The Morgan fingerprint density at radius 3 is 2.55 bits per heavy atom. The van der Waals surface area contributed by atoms with Gasteiger partial charge in [0.25, 0.3) is 0 Å². The van der Waals surface area contributed by atoms with E-state index in [-0.39, 0.29) is 16.3 Å². The molecule has 0 unspecified atom stereocenters. The van der Waals surface area contributed by atoms with Crippen LogP contribution in [0.5, 0.6) is 5.75 Å². The summed E-state index contributed by atoms with van der Waals surface area (Å²) in [6, 6.07) is 0.674. The molecular weight excluding hydrogens is 303 g/mol. The average Bonchev–Trinajstić information content (AvgIpc) is 2.61. The Balaban J connectivity index is 3.02. The number of nitro benzene ring substituents is 1. The maximum absolute atomic E-state index is 12.9. The first-order valence-electron chi connectivity index (χ1n) is 5.13. The SMILES string of the molecule is COc1c(C(F)(F)F)cc2nc(Cl)n(C)c2c1[N+](=O)[O-]. The third-order valence-electron chi connectivity index (χ3n) is 2.72. The number of nitro groups is 1. The minimum absolute atomic E-state index is 0.134. The van der Waals surface area contributed by atoms with E-state index in [4.69, 9.17) is 11.6 Å². The van der Waals surface area contributed by atoms with Crippen molar-refractivity contribution in [3.8, 4) is 5.75 Å². The van der Waals surface area contributed by atoms with E-state index < -0.39 is 28.1 Å². The lowest BCUT2D eigenvalue weighted by molar-refractivity contribution is -0.384. The fourth-order valence-electron chi connectivity index (χ4n) is 1.90. The highest BCUT2D eigenvalue weighted by Crippen LogP contribution is 2.45. The summed E-state index contributed by atoms with van der Waals surface area (Å²) >= 11 is 5.70. The molecule has 1 aromatic carbocycles. The van der Waals surface area contributed by atoms with Crippen molar-refractivity contribution < 1.29 is 22.8 Å². The molecule has 0 bridgehead atoms. The molecule has 2 rings (SSSR count). The zero-order chi connectivity index (χ0) is 15.2. The zero-order valence-corrected chi connectivity index (χ0v) is 10.9. The van der Waals surface area contributed by atoms with Gasteiger partial charge in [-0.15, -0.1) is 0 Å². The Bertz CT molecular complexity index is 711. The number of benzene rings is 1. The number of rotatable bonds is 2. The highest BCUT2D eigenvalue weighted by molar-refractivity contribution is 6.29. The monoisotopic (exact) mass is 309 g/mol. The first-order valence-corrected chi connectivity index (χ1v) is 5.50. The summed E-state index contributed by atoms with van der Waals surface area (Å²) in [7, 11) is 2.29. The molecule has 0 radical (unpaired) electrons. The smallest absolute Gasteiger partial charge is 0.420 e. The van der Waals surface area contributed by atoms with E-state index in [0.29, 0.717) is 6.07 Å². The summed E-state index contributed by atoms with van der Waals surface area (Å²) in [5.74, 6) is -0.866. The zero-order valence-electron chi connectivity index (χ0n) is 10.2. The molecule has 0 saturated carbocycles. The Morgan fingerprint density at radius 1 is 1.50 bits per heavy atom. The lowest BCUT2D eigenvalue weighted by Gasteiger charge is -2.12. The van der Waals surface area contributed by atoms with Gasteiger partial charge in [0.15, 0.2) is 5.52 Å². The molecule has 0 aliphatic heterocycles. The van der Waals surface area contributed by atoms with Crippen LogP contribution in [0.3, 0.4) is 0 Å². The van der Waals surface area contributed by atoms with E-state index in [2.05, 4.69) is 9.72 Å². The quantitative estimate of drug-likeness (QED) is 0.631. The van der Waals surface area contributed by atoms with Crippen LogP contribution in [0.2, 0.25) is 5.28 Å². The van der Waals surface area contributed by atoms with Gasteiger partial charge in [-0.2, -0.15) is 13.2 Å². The normalized spacial score (nSPS) is 11.9. The van der Waals surface area contributed by atoms with Gasteiger partial charge in [-0.1, -0.05) is 0 Å². The fourth-order valence-corrected chi connectivity index (χ4v) is 2.07. The number of nitrogens with zero attached hydrogens (tertiary/aromatic N) is 3. The van der Waals surface area contributed by atoms with Gasteiger partial charge in [-0.25, -0.2) is 4.98 Å². The van der Waals surface area contributed by atoms with Gasteiger partial charge in [0.2, 0.25) is 11.0 Å². The summed E-state index contributed by atoms with van der Waals surface area (Å²) in [6.07, 6.45) is -4.81. The average molecular weight is 310 g/mol. The van der Waals surface area contributed by atoms with Crippen LogP contribution >= 0.6 is 11.6 Å². The van der Waals surface area contributed by atoms with Crippen LogP contribution in [0.4, 0.5) is 18.9 Å². The minimum Gasteiger partial charge on any atom is -0.490 e. The number of ether oxygens (including phenoxy) is 1. The molecule has 2 aromatic rings. The van der Waals surface area contributed by atoms with Crippen molar-refractivity contribution in [3.05, 3.63) is 27.0 Å². The molecule has 1 heterocycles. The third-order valence-corrected chi connectivity index (χ3v) is 3.06. The first kappa shape index (κ1) is 14.4. The van der Waals surface area contributed by atoms with E-state index in [0.717, 1.165) is 11.7 Å². The summed E-state index contributed by atoms with van der Waals surface area (Å²) in [4.78, 5) is 13.8. The second-order valence-electron chi connectivity index (χ2n) is 3.87. The van der Waals surface area contributed by atoms with E-state index in [1.165, 1.54) is 7.05 Å². The van der Waals surface area contributed by atoms with Crippen molar-refractivity contribution in [1.29, 1.82) is 0 Å². The molecule has 0 amide bonds. The van der Waals surface area contributed by atoms with Gasteiger partial charge in [0.1, 0.15) is 5.56 Å². The second-order valence-corrected chi connectivity index (χ2v) is 4.21. The summed E-state index contributed by atoms with van der Waals surface area (Å²) < 4.78 is 44.5. The number of imidazole rings is 1. The Labute approximate surface area is 114 Å². The topological polar surface area (TPSA) is 70.2 Å². The number of aromatic nitrogens is 2. The van der Waals surface area contributed by atoms with Gasteiger partial charge in [0.05, 0.1) is 17.5 Å². The van der Waals surface area contributed by atoms with E-state index in [1.807, 2.05) is 0 Å². The standard InChI is InChI=1S/C10H7ClF3N3O3/c1-16-6-5(15-9(16)11)3-4(10(12,13)14)8(20-2)7(6)17(18)19/h3H,1-2H3. The Kier molecular flexibility index (Phi) is 3.24. The number of hydrogen-bond donors (Lipinski definition) is 0. The molecule has 10 heteroatoms. The molecule has 0 aliphatic carbocycles. The molecule has 6 nitrogen and oxygen atoms in total. The number of alkyl halides is 3. The van der Waals surface area contributed by atoms with Crippen molar-refractivity contribution in [2.75, 3.05) is 7.11 Å². The number of fused-ring (bicyclic) bond motifs is 1. The predicted octanol–water partition coefficient (Wildman–Crippen LogP) is 3.16. The highest BCUT2D eigenvalue weighted by atomic mass is 35.5. The lowest BCUT2D eigenvalue weighted by Crippen LogP contribution is -2.10. The second kappa shape index (κ2) is 4.51. The van der Waals surface area contributed by atoms with Crippen molar-refractivity contribution in [2.45, 2.75) is 6.18 Å². The molecule has 0 N–H and O–H groups in total. The van der Waals surface area contributed by atoms with Crippen LogP contribution in [0.25, 0.3) is 11.0 Å². The van der Waals surface area contributed by atoms with Crippen molar-refractivity contribution in [3.63, 3.8) is 0 Å². The van der Waals surface area contributed by atoms with Crippen molar-refractivity contribution >= 4 is 28.3 Å². The molecule has 20 heavy (non-hydrogen) atoms. The number of hydrogen-bond acceptors (Lipinski definition) is 4. The molecule has 0 saturated heterocycles. The summed E-state index contributed by atoms with van der Waals surface area (Å²) in [5.41, 5.74) is -2.45. The Morgan fingerprint density at radius 2 is 2.10 bits per heavy atom. The van der Waals surface area contributed by atoms with Crippen LogP contribution in [-0.4, -0.2) is 21.6 Å². The van der Waals surface area contributed by atoms with Crippen molar-refractivity contribution in [1.82, 2.24) is 9.55 Å². The third kappa shape index (κ3) is 2.03.